The van der Waals surface area contributed by atoms with Crippen molar-refractivity contribution in [1.29, 1.82) is 0 Å². The number of piperidine rings is 1. The van der Waals surface area contributed by atoms with Gasteiger partial charge in [-0.05, 0) is 35.4 Å². The van der Waals surface area contributed by atoms with E-state index in [4.69, 9.17) is 10.5 Å². The molecule has 4 heteroatoms. The molecule has 128 valence electrons. The van der Waals surface area contributed by atoms with E-state index in [1.165, 1.54) is 0 Å². The van der Waals surface area contributed by atoms with Crippen molar-refractivity contribution in [2.45, 2.75) is 46.6 Å². The number of hydrogen-bond donors (Lipinski definition) is 1. The zero-order valence-corrected chi connectivity index (χ0v) is 14.8. The monoisotopic (exact) mass is 318 g/mol. The van der Waals surface area contributed by atoms with Crippen LogP contribution >= 0.6 is 0 Å². The summed E-state index contributed by atoms with van der Waals surface area (Å²) < 4.78 is 5.67. The van der Waals surface area contributed by atoms with Crippen LogP contribution in [-0.4, -0.2) is 36.5 Å². The lowest BCUT2D eigenvalue weighted by molar-refractivity contribution is -0.133. The lowest BCUT2D eigenvalue weighted by atomic mass is 9.79. The highest BCUT2D eigenvalue weighted by molar-refractivity contribution is 5.79. The molecule has 2 rings (SSSR count). The molecule has 1 aromatic carbocycles. The standard InChI is InChI=1S/C19H30N2O2/c1-14(2)12-23-16-7-5-15(6-8-16)11-18(22)21-10-9-17(20)19(3,4)13-21/h5-8,14,17H,9-13,20H2,1-4H3. The van der Waals surface area contributed by atoms with Gasteiger partial charge in [0.25, 0.3) is 0 Å². The maximum absolute atomic E-state index is 12.5. The maximum atomic E-state index is 12.5. The molecule has 1 aliphatic heterocycles. The number of nitrogens with zero attached hydrogens (tertiary/aromatic N) is 1. The van der Waals surface area contributed by atoms with Gasteiger partial charge in [-0.25, -0.2) is 0 Å². The van der Waals surface area contributed by atoms with Gasteiger partial charge in [0.05, 0.1) is 13.0 Å². The van der Waals surface area contributed by atoms with E-state index in [0.29, 0.717) is 18.9 Å². The maximum Gasteiger partial charge on any atom is 0.227 e. The fourth-order valence-electron chi connectivity index (χ4n) is 2.84. The molecule has 0 aromatic heterocycles. The summed E-state index contributed by atoms with van der Waals surface area (Å²) in [4.78, 5) is 14.5. The van der Waals surface area contributed by atoms with Crippen molar-refractivity contribution >= 4 is 5.91 Å². The molecule has 1 amide bonds. The summed E-state index contributed by atoms with van der Waals surface area (Å²) in [5.41, 5.74) is 7.16. The summed E-state index contributed by atoms with van der Waals surface area (Å²) in [6.07, 6.45) is 1.32. The van der Waals surface area contributed by atoms with Crippen LogP contribution in [0.1, 0.15) is 39.7 Å². The molecule has 1 heterocycles. The first-order valence-electron chi connectivity index (χ1n) is 8.53. The van der Waals surface area contributed by atoms with E-state index in [0.717, 1.165) is 30.8 Å². The van der Waals surface area contributed by atoms with Gasteiger partial charge >= 0.3 is 0 Å². The molecule has 0 saturated carbocycles. The van der Waals surface area contributed by atoms with Gasteiger partial charge in [0.1, 0.15) is 5.75 Å². The van der Waals surface area contributed by atoms with Gasteiger partial charge in [0.2, 0.25) is 5.91 Å². The van der Waals surface area contributed by atoms with Gasteiger partial charge in [-0.15, -0.1) is 0 Å². The minimum absolute atomic E-state index is 0.0115. The summed E-state index contributed by atoms with van der Waals surface area (Å²) >= 11 is 0. The van der Waals surface area contributed by atoms with E-state index in [2.05, 4.69) is 27.7 Å². The average molecular weight is 318 g/mol. The Balaban J connectivity index is 1.90. The largest absolute Gasteiger partial charge is 0.493 e. The Morgan fingerprint density at radius 2 is 2.00 bits per heavy atom. The average Bonchev–Trinajstić information content (AvgIpc) is 2.49. The van der Waals surface area contributed by atoms with Gasteiger partial charge in [0, 0.05) is 19.1 Å². The molecule has 1 unspecified atom stereocenters. The molecule has 0 aliphatic carbocycles. The number of nitrogens with two attached hydrogens (primary N) is 1. The Morgan fingerprint density at radius 3 is 2.57 bits per heavy atom. The van der Waals surface area contributed by atoms with Crippen LogP contribution in [0.5, 0.6) is 5.75 Å². The predicted molar refractivity (Wildman–Crippen MR) is 93.4 cm³/mol. The normalized spacial score (nSPS) is 20.6. The van der Waals surface area contributed by atoms with Crippen LogP contribution in [0.15, 0.2) is 24.3 Å². The fourth-order valence-corrected chi connectivity index (χ4v) is 2.84. The molecule has 1 atom stereocenters. The smallest absolute Gasteiger partial charge is 0.227 e. The van der Waals surface area contributed by atoms with Crippen LogP contribution in [-0.2, 0) is 11.2 Å². The van der Waals surface area contributed by atoms with Crippen molar-refractivity contribution in [1.82, 2.24) is 4.90 Å². The Bertz CT molecular complexity index is 523. The van der Waals surface area contributed by atoms with Gasteiger partial charge < -0.3 is 15.4 Å². The van der Waals surface area contributed by atoms with Gasteiger partial charge in [-0.2, -0.15) is 0 Å². The van der Waals surface area contributed by atoms with Crippen molar-refractivity contribution in [2.24, 2.45) is 17.1 Å². The van der Waals surface area contributed by atoms with Crippen molar-refractivity contribution in [2.75, 3.05) is 19.7 Å². The third-order valence-corrected chi connectivity index (χ3v) is 4.53. The fraction of sp³-hybridized carbons (Fsp3) is 0.632. The molecule has 1 aliphatic rings. The van der Waals surface area contributed by atoms with E-state index in [-0.39, 0.29) is 17.4 Å². The molecular weight excluding hydrogens is 288 g/mol. The van der Waals surface area contributed by atoms with Crippen LogP contribution in [0.3, 0.4) is 0 Å². The molecule has 23 heavy (non-hydrogen) atoms. The molecule has 1 saturated heterocycles. The zero-order chi connectivity index (χ0) is 17.0. The minimum atomic E-state index is -0.0115. The van der Waals surface area contributed by atoms with E-state index >= 15 is 0 Å². The molecule has 0 radical (unpaired) electrons. The lowest BCUT2D eigenvalue weighted by Gasteiger charge is -2.42. The Morgan fingerprint density at radius 1 is 1.35 bits per heavy atom. The number of rotatable bonds is 5. The Kier molecular flexibility index (Phi) is 5.69. The van der Waals surface area contributed by atoms with Crippen molar-refractivity contribution in [3.8, 4) is 5.75 Å². The van der Waals surface area contributed by atoms with E-state index in [1.807, 2.05) is 29.2 Å². The Hall–Kier alpha value is -1.55. The van der Waals surface area contributed by atoms with Crippen LogP contribution < -0.4 is 10.5 Å². The number of amides is 1. The van der Waals surface area contributed by atoms with Crippen LogP contribution in [0.4, 0.5) is 0 Å². The summed E-state index contributed by atoms with van der Waals surface area (Å²) in [5, 5.41) is 0. The molecule has 0 spiro atoms. The number of benzene rings is 1. The van der Waals surface area contributed by atoms with Gasteiger partial charge in [0.15, 0.2) is 0 Å². The predicted octanol–water partition coefficient (Wildman–Crippen LogP) is 2.85. The van der Waals surface area contributed by atoms with Gasteiger partial charge in [-0.1, -0.05) is 39.8 Å². The topological polar surface area (TPSA) is 55.6 Å². The number of hydrogen-bond acceptors (Lipinski definition) is 3. The van der Waals surface area contributed by atoms with Crippen molar-refractivity contribution < 1.29 is 9.53 Å². The highest BCUT2D eigenvalue weighted by atomic mass is 16.5. The molecular formula is C19H30N2O2. The Labute approximate surface area is 140 Å². The highest BCUT2D eigenvalue weighted by Crippen LogP contribution is 2.28. The highest BCUT2D eigenvalue weighted by Gasteiger charge is 2.35. The number of carbonyl (C=O) groups excluding carboxylic acids is 1. The second-order valence-electron chi connectivity index (χ2n) is 7.72. The first-order valence-corrected chi connectivity index (χ1v) is 8.53. The van der Waals surface area contributed by atoms with Crippen LogP contribution in [0.2, 0.25) is 0 Å². The number of ether oxygens (including phenoxy) is 1. The summed E-state index contributed by atoms with van der Waals surface area (Å²) in [6.45, 7) is 10.7. The zero-order valence-electron chi connectivity index (χ0n) is 14.8. The lowest BCUT2D eigenvalue weighted by Crippen LogP contribution is -2.54. The summed E-state index contributed by atoms with van der Waals surface area (Å²) in [6, 6.07) is 8.02. The molecule has 0 bridgehead atoms. The van der Waals surface area contributed by atoms with E-state index < -0.39 is 0 Å². The molecule has 1 aromatic rings. The summed E-state index contributed by atoms with van der Waals surface area (Å²) in [7, 11) is 0. The number of carbonyl (C=O) groups is 1. The molecule has 1 fully saturated rings. The van der Waals surface area contributed by atoms with Crippen LogP contribution in [0.25, 0.3) is 0 Å². The second-order valence-corrected chi connectivity index (χ2v) is 7.72. The SMILES string of the molecule is CC(C)COc1ccc(CC(=O)N2CCC(N)C(C)(C)C2)cc1. The first kappa shape index (κ1) is 17.8. The third kappa shape index (κ3) is 4.96. The first-order chi connectivity index (χ1) is 10.8. The van der Waals surface area contributed by atoms with E-state index in [9.17, 15) is 4.79 Å². The molecule has 4 nitrogen and oxygen atoms in total. The summed E-state index contributed by atoms with van der Waals surface area (Å²) in [5.74, 6) is 1.55. The van der Waals surface area contributed by atoms with E-state index in [1.54, 1.807) is 0 Å². The minimum Gasteiger partial charge on any atom is -0.493 e. The third-order valence-electron chi connectivity index (χ3n) is 4.53. The van der Waals surface area contributed by atoms with Gasteiger partial charge in [-0.3, -0.25) is 4.79 Å². The quantitative estimate of drug-likeness (QED) is 0.908. The molecule has 2 N–H and O–H groups in total. The number of likely N-dealkylation sites (tertiary alicyclic amines) is 1. The van der Waals surface area contributed by atoms with Crippen LogP contribution in [0, 0.1) is 11.3 Å². The van der Waals surface area contributed by atoms with Crippen molar-refractivity contribution in [3.05, 3.63) is 29.8 Å². The second kappa shape index (κ2) is 7.35. The van der Waals surface area contributed by atoms with Crippen molar-refractivity contribution in [3.63, 3.8) is 0 Å².